The average molecular weight is 350 g/mol. The number of aryl methyl sites for hydroxylation is 1. The van der Waals surface area contributed by atoms with E-state index >= 15 is 0 Å². The molecule has 0 saturated carbocycles. The first-order chi connectivity index (χ1) is 12.7. The van der Waals surface area contributed by atoms with E-state index < -0.39 is 0 Å². The molecule has 1 aliphatic heterocycles. The number of nitrogens with one attached hydrogen (secondary N) is 1. The topological polar surface area (TPSA) is 68.0 Å². The summed E-state index contributed by atoms with van der Waals surface area (Å²) in [5.74, 6) is 0.911. The lowest BCUT2D eigenvalue weighted by Crippen LogP contribution is -2.47. The molecule has 1 aromatic carbocycles. The molecule has 3 aromatic rings. The summed E-state index contributed by atoms with van der Waals surface area (Å²) < 4.78 is 3.87. The predicted octanol–water partition coefficient (Wildman–Crippen LogP) is 1.38. The number of nitrogens with zero attached hydrogens (tertiary/aromatic N) is 5. The summed E-state index contributed by atoms with van der Waals surface area (Å²) in [4.78, 5) is 23.7. The highest BCUT2D eigenvalue weighted by molar-refractivity contribution is 5.80. The number of carbonyl (C=O) groups excluding carboxylic acids is 1. The van der Waals surface area contributed by atoms with Crippen molar-refractivity contribution < 1.29 is 4.79 Å². The lowest BCUT2D eigenvalue weighted by atomic mass is 10.1. The molecule has 1 fully saturated rings. The van der Waals surface area contributed by atoms with Crippen LogP contribution in [0.2, 0.25) is 0 Å². The zero-order valence-corrected chi connectivity index (χ0v) is 14.8. The molecule has 1 aliphatic rings. The second kappa shape index (κ2) is 7.13. The minimum absolute atomic E-state index is 0.110. The number of benzene rings is 1. The Balaban J connectivity index is 1.72. The number of hydrogen-bond acceptors (Lipinski definition) is 4. The van der Waals surface area contributed by atoms with Gasteiger partial charge in [-0.25, -0.2) is 9.97 Å². The zero-order chi connectivity index (χ0) is 17.9. The SMILES string of the molecule is Cn1ccnc1-c1c(-c2ccccc2)ncn1CC(=O)N1CCNCC1. The first-order valence-electron chi connectivity index (χ1n) is 8.81. The van der Waals surface area contributed by atoms with Gasteiger partial charge in [0.1, 0.15) is 12.2 Å². The van der Waals surface area contributed by atoms with E-state index in [1.165, 1.54) is 0 Å². The summed E-state index contributed by atoms with van der Waals surface area (Å²) in [6.45, 7) is 3.45. The normalized spacial score (nSPS) is 14.6. The van der Waals surface area contributed by atoms with Crippen molar-refractivity contribution in [2.75, 3.05) is 26.2 Å². The van der Waals surface area contributed by atoms with Crippen LogP contribution in [0.15, 0.2) is 49.1 Å². The third kappa shape index (κ3) is 3.13. The van der Waals surface area contributed by atoms with E-state index in [-0.39, 0.29) is 12.5 Å². The number of amides is 1. The smallest absolute Gasteiger partial charge is 0.242 e. The Kier molecular flexibility index (Phi) is 4.53. The molecular formula is C19H22N6O. The number of imidazole rings is 2. The molecule has 3 heterocycles. The Labute approximate surface area is 152 Å². The van der Waals surface area contributed by atoms with Gasteiger partial charge in [-0.3, -0.25) is 4.79 Å². The molecule has 2 aromatic heterocycles. The summed E-state index contributed by atoms with van der Waals surface area (Å²) in [5, 5.41) is 3.27. The zero-order valence-electron chi connectivity index (χ0n) is 14.8. The maximum absolute atomic E-state index is 12.7. The summed E-state index contributed by atoms with van der Waals surface area (Å²) in [6.07, 6.45) is 5.41. The van der Waals surface area contributed by atoms with Crippen molar-refractivity contribution in [3.63, 3.8) is 0 Å². The second-order valence-electron chi connectivity index (χ2n) is 6.43. The minimum atomic E-state index is 0.110. The molecule has 0 unspecified atom stereocenters. The molecule has 1 amide bonds. The molecule has 0 bridgehead atoms. The Morgan fingerprint density at radius 2 is 1.92 bits per heavy atom. The fraction of sp³-hybridized carbons (Fsp3) is 0.316. The Morgan fingerprint density at radius 1 is 1.15 bits per heavy atom. The van der Waals surface area contributed by atoms with Crippen molar-refractivity contribution in [3.8, 4) is 22.8 Å². The average Bonchev–Trinajstić information content (AvgIpc) is 3.28. The maximum atomic E-state index is 12.7. The first kappa shape index (κ1) is 16.5. The van der Waals surface area contributed by atoms with Crippen LogP contribution < -0.4 is 5.32 Å². The number of hydrogen-bond donors (Lipinski definition) is 1. The molecule has 0 spiro atoms. The highest BCUT2D eigenvalue weighted by Gasteiger charge is 2.22. The Hall–Kier alpha value is -2.93. The fourth-order valence-corrected chi connectivity index (χ4v) is 3.30. The second-order valence-corrected chi connectivity index (χ2v) is 6.43. The van der Waals surface area contributed by atoms with E-state index in [9.17, 15) is 4.79 Å². The van der Waals surface area contributed by atoms with E-state index in [0.29, 0.717) is 0 Å². The lowest BCUT2D eigenvalue weighted by molar-refractivity contribution is -0.132. The van der Waals surface area contributed by atoms with Crippen LogP contribution in [0.25, 0.3) is 22.8 Å². The van der Waals surface area contributed by atoms with E-state index in [4.69, 9.17) is 0 Å². The van der Waals surface area contributed by atoms with Crippen LogP contribution in [-0.2, 0) is 18.4 Å². The van der Waals surface area contributed by atoms with E-state index in [1.54, 1.807) is 12.5 Å². The van der Waals surface area contributed by atoms with E-state index in [1.807, 2.05) is 57.6 Å². The first-order valence-corrected chi connectivity index (χ1v) is 8.81. The largest absolute Gasteiger partial charge is 0.339 e. The molecule has 7 heteroatoms. The van der Waals surface area contributed by atoms with Crippen molar-refractivity contribution in [1.29, 1.82) is 0 Å². The van der Waals surface area contributed by atoms with E-state index in [0.717, 1.165) is 49.0 Å². The van der Waals surface area contributed by atoms with Gasteiger partial charge in [0.25, 0.3) is 0 Å². The third-order valence-electron chi connectivity index (χ3n) is 4.69. The molecule has 1 N–H and O–H groups in total. The molecule has 0 radical (unpaired) electrons. The quantitative estimate of drug-likeness (QED) is 0.772. The van der Waals surface area contributed by atoms with Crippen molar-refractivity contribution in [2.24, 2.45) is 7.05 Å². The van der Waals surface area contributed by atoms with E-state index in [2.05, 4.69) is 15.3 Å². The van der Waals surface area contributed by atoms with Crippen LogP contribution in [0, 0.1) is 0 Å². The lowest BCUT2D eigenvalue weighted by Gasteiger charge is -2.27. The monoisotopic (exact) mass is 350 g/mol. The number of carbonyl (C=O) groups is 1. The van der Waals surface area contributed by atoms with Gasteiger partial charge in [0.2, 0.25) is 5.91 Å². The predicted molar refractivity (Wildman–Crippen MR) is 99.3 cm³/mol. The van der Waals surface area contributed by atoms with Gasteiger partial charge in [0.15, 0.2) is 5.82 Å². The van der Waals surface area contributed by atoms with Gasteiger partial charge < -0.3 is 19.4 Å². The molecule has 26 heavy (non-hydrogen) atoms. The van der Waals surface area contributed by atoms with Crippen LogP contribution in [0.5, 0.6) is 0 Å². The standard InChI is InChI=1S/C19H22N6O/c1-23-10-9-21-19(23)18-17(15-5-3-2-4-6-15)22-14-25(18)13-16(26)24-11-7-20-8-12-24/h2-6,9-10,14,20H,7-8,11-13H2,1H3. The Morgan fingerprint density at radius 3 is 2.62 bits per heavy atom. The molecule has 7 nitrogen and oxygen atoms in total. The van der Waals surface area contributed by atoms with Gasteiger partial charge in [-0.2, -0.15) is 0 Å². The highest BCUT2D eigenvalue weighted by atomic mass is 16.2. The van der Waals surface area contributed by atoms with Gasteiger partial charge in [0, 0.05) is 51.2 Å². The molecule has 4 rings (SSSR count). The Bertz CT molecular complexity index is 892. The number of piperazine rings is 1. The summed E-state index contributed by atoms with van der Waals surface area (Å²) >= 11 is 0. The molecular weight excluding hydrogens is 328 g/mol. The van der Waals surface area contributed by atoms with Gasteiger partial charge in [-0.1, -0.05) is 30.3 Å². The minimum Gasteiger partial charge on any atom is -0.339 e. The third-order valence-corrected chi connectivity index (χ3v) is 4.69. The van der Waals surface area contributed by atoms with Gasteiger partial charge in [-0.05, 0) is 0 Å². The molecule has 134 valence electrons. The number of aromatic nitrogens is 4. The van der Waals surface area contributed by atoms with Crippen LogP contribution in [0.4, 0.5) is 0 Å². The molecule has 1 saturated heterocycles. The van der Waals surface area contributed by atoms with Crippen LogP contribution in [0.1, 0.15) is 0 Å². The summed E-state index contributed by atoms with van der Waals surface area (Å²) in [7, 11) is 1.95. The van der Waals surface area contributed by atoms with Gasteiger partial charge >= 0.3 is 0 Å². The van der Waals surface area contributed by atoms with Crippen LogP contribution in [0.3, 0.4) is 0 Å². The van der Waals surface area contributed by atoms with Crippen molar-refractivity contribution in [3.05, 3.63) is 49.1 Å². The summed E-state index contributed by atoms with van der Waals surface area (Å²) in [6, 6.07) is 10.0. The van der Waals surface area contributed by atoms with Gasteiger partial charge in [0.05, 0.1) is 12.0 Å². The van der Waals surface area contributed by atoms with Crippen molar-refractivity contribution in [1.82, 2.24) is 29.3 Å². The van der Waals surface area contributed by atoms with Crippen LogP contribution in [-0.4, -0.2) is 56.1 Å². The van der Waals surface area contributed by atoms with Gasteiger partial charge in [-0.15, -0.1) is 0 Å². The van der Waals surface area contributed by atoms with Crippen molar-refractivity contribution in [2.45, 2.75) is 6.54 Å². The van der Waals surface area contributed by atoms with Crippen molar-refractivity contribution >= 4 is 5.91 Å². The maximum Gasteiger partial charge on any atom is 0.242 e. The summed E-state index contributed by atoms with van der Waals surface area (Å²) in [5.41, 5.74) is 2.72. The number of rotatable bonds is 4. The highest BCUT2D eigenvalue weighted by Crippen LogP contribution is 2.30. The fourth-order valence-electron chi connectivity index (χ4n) is 3.30. The molecule has 0 atom stereocenters. The molecule has 0 aliphatic carbocycles. The van der Waals surface area contributed by atoms with Crippen LogP contribution >= 0.6 is 0 Å².